The van der Waals surface area contributed by atoms with Crippen LogP contribution in [0, 0.1) is 11.6 Å². The topological polar surface area (TPSA) is 54.9 Å². The van der Waals surface area contributed by atoms with Gasteiger partial charge in [-0.2, -0.15) is 0 Å². The molecule has 1 aliphatic heterocycles. The lowest BCUT2D eigenvalue weighted by Gasteiger charge is -2.27. The molecule has 4 rings (SSSR count). The lowest BCUT2D eigenvalue weighted by molar-refractivity contribution is -0.118. The first-order chi connectivity index (χ1) is 16.5. The van der Waals surface area contributed by atoms with Crippen molar-refractivity contribution in [3.63, 3.8) is 0 Å². The summed E-state index contributed by atoms with van der Waals surface area (Å²) >= 11 is 2.73. The molecular formula is C24H27F2N3O3S2. The van der Waals surface area contributed by atoms with E-state index in [0.717, 1.165) is 54.1 Å². The highest BCUT2D eigenvalue weighted by molar-refractivity contribution is 7.99. The lowest BCUT2D eigenvalue weighted by atomic mass is 10.3. The molecule has 34 heavy (non-hydrogen) atoms. The molecule has 2 aromatic carbocycles. The number of hydrogen-bond acceptors (Lipinski definition) is 7. The number of benzene rings is 2. The van der Waals surface area contributed by atoms with Crippen LogP contribution in [0.5, 0.6) is 5.75 Å². The lowest BCUT2D eigenvalue weighted by Crippen LogP contribution is -2.39. The smallest absolute Gasteiger partial charge is 0.229 e. The van der Waals surface area contributed by atoms with E-state index in [-0.39, 0.29) is 11.4 Å². The molecule has 6 nitrogen and oxygen atoms in total. The average Bonchev–Trinajstić information content (AvgIpc) is 3.27. The van der Waals surface area contributed by atoms with Crippen LogP contribution in [-0.4, -0.2) is 68.0 Å². The average molecular weight is 508 g/mol. The van der Waals surface area contributed by atoms with E-state index in [0.29, 0.717) is 41.8 Å². The third-order valence-electron chi connectivity index (χ3n) is 5.54. The summed E-state index contributed by atoms with van der Waals surface area (Å²) < 4.78 is 38.9. The number of carbonyl (C=O) groups is 1. The highest BCUT2D eigenvalue weighted by Gasteiger charge is 2.22. The maximum absolute atomic E-state index is 14.2. The first-order valence-corrected chi connectivity index (χ1v) is 13.0. The third-order valence-corrected chi connectivity index (χ3v) is 7.58. The molecule has 1 saturated heterocycles. The maximum Gasteiger partial charge on any atom is 0.229 e. The molecule has 0 unspecified atom stereocenters. The fourth-order valence-electron chi connectivity index (χ4n) is 3.73. The van der Waals surface area contributed by atoms with Gasteiger partial charge in [0.15, 0.2) is 10.9 Å². The Morgan fingerprint density at radius 2 is 2.00 bits per heavy atom. The molecule has 0 atom stereocenters. The zero-order chi connectivity index (χ0) is 23.9. The van der Waals surface area contributed by atoms with Gasteiger partial charge in [0.1, 0.15) is 17.1 Å². The number of rotatable bonds is 10. The van der Waals surface area contributed by atoms with Crippen LogP contribution in [0.1, 0.15) is 12.8 Å². The largest absolute Gasteiger partial charge is 0.497 e. The molecule has 182 valence electrons. The molecule has 1 aliphatic rings. The van der Waals surface area contributed by atoms with Crippen LogP contribution >= 0.6 is 23.1 Å². The van der Waals surface area contributed by atoms with E-state index < -0.39 is 11.6 Å². The van der Waals surface area contributed by atoms with Crippen molar-refractivity contribution in [3.05, 3.63) is 48.0 Å². The highest BCUT2D eigenvalue weighted by Crippen LogP contribution is 2.32. The van der Waals surface area contributed by atoms with E-state index in [4.69, 9.17) is 9.47 Å². The SMILES string of the molecule is COc1ccc(SCCC(=O)N(CCCN2CCOCC2)c2nc3c(F)cc(F)cc3s2)cc1. The van der Waals surface area contributed by atoms with Crippen LogP contribution in [0.3, 0.4) is 0 Å². The van der Waals surface area contributed by atoms with Gasteiger partial charge in [0.2, 0.25) is 5.91 Å². The van der Waals surface area contributed by atoms with E-state index in [1.165, 1.54) is 6.07 Å². The summed E-state index contributed by atoms with van der Waals surface area (Å²) in [5.41, 5.74) is 0.0972. The Labute approximate surface area is 205 Å². The summed E-state index contributed by atoms with van der Waals surface area (Å²) in [5, 5.41) is 0.404. The van der Waals surface area contributed by atoms with Crippen LogP contribution in [0.2, 0.25) is 0 Å². The Balaban J connectivity index is 1.43. The van der Waals surface area contributed by atoms with E-state index >= 15 is 0 Å². The number of amides is 1. The Morgan fingerprint density at radius 1 is 1.24 bits per heavy atom. The maximum atomic E-state index is 14.2. The Hall–Kier alpha value is -2.27. The minimum atomic E-state index is -0.715. The van der Waals surface area contributed by atoms with Gasteiger partial charge in [-0.1, -0.05) is 11.3 Å². The summed E-state index contributed by atoms with van der Waals surface area (Å²) in [6.45, 7) is 4.48. The second-order valence-corrected chi connectivity index (χ2v) is 10.0. The van der Waals surface area contributed by atoms with Crippen molar-refractivity contribution in [2.75, 3.05) is 57.2 Å². The predicted molar refractivity (Wildman–Crippen MR) is 132 cm³/mol. The number of ether oxygens (including phenoxy) is 2. The predicted octanol–water partition coefficient (Wildman–Crippen LogP) is 4.82. The summed E-state index contributed by atoms with van der Waals surface area (Å²) in [7, 11) is 1.62. The number of anilines is 1. The number of halogens is 2. The van der Waals surface area contributed by atoms with Gasteiger partial charge in [-0.15, -0.1) is 11.8 Å². The van der Waals surface area contributed by atoms with Crippen LogP contribution in [-0.2, 0) is 9.53 Å². The molecule has 2 heterocycles. The summed E-state index contributed by atoms with van der Waals surface area (Å²) in [4.78, 5) is 22.5. The van der Waals surface area contributed by atoms with Gasteiger partial charge in [-0.25, -0.2) is 13.8 Å². The number of thiazole rings is 1. The number of carbonyl (C=O) groups excluding carboxylic acids is 1. The van der Waals surface area contributed by atoms with Gasteiger partial charge in [-0.05, 0) is 36.8 Å². The molecule has 0 saturated carbocycles. The van der Waals surface area contributed by atoms with Crippen LogP contribution in [0.15, 0.2) is 41.3 Å². The van der Waals surface area contributed by atoms with Gasteiger partial charge in [0.05, 0.1) is 25.0 Å². The van der Waals surface area contributed by atoms with Gasteiger partial charge in [-0.3, -0.25) is 14.6 Å². The first-order valence-electron chi connectivity index (χ1n) is 11.2. The zero-order valence-electron chi connectivity index (χ0n) is 19.0. The number of aromatic nitrogens is 1. The number of fused-ring (bicyclic) bond motifs is 1. The van der Waals surface area contributed by atoms with Crippen molar-refractivity contribution in [3.8, 4) is 5.75 Å². The number of hydrogen-bond donors (Lipinski definition) is 0. The molecular weight excluding hydrogens is 480 g/mol. The van der Waals surface area contributed by atoms with E-state index in [9.17, 15) is 13.6 Å². The standard InChI is InChI=1S/C24H27F2N3O3S2/c1-31-18-3-5-19(6-4-18)33-14-7-22(30)29(9-2-8-28-10-12-32-13-11-28)24-27-23-20(26)15-17(25)16-21(23)34-24/h3-6,15-16H,2,7-14H2,1H3. The van der Waals surface area contributed by atoms with Gasteiger partial charge in [0, 0.05) is 49.3 Å². The zero-order valence-corrected chi connectivity index (χ0v) is 20.6. The number of methoxy groups -OCH3 is 1. The van der Waals surface area contributed by atoms with Crippen LogP contribution in [0.4, 0.5) is 13.9 Å². The normalized spacial score (nSPS) is 14.4. The molecule has 10 heteroatoms. The van der Waals surface area contributed by atoms with Gasteiger partial charge < -0.3 is 9.47 Å². The van der Waals surface area contributed by atoms with E-state index in [1.54, 1.807) is 23.8 Å². The molecule has 0 radical (unpaired) electrons. The Morgan fingerprint density at radius 3 is 2.74 bits per heavy atom. The monoisotopic (exact) mass is 507 g/mol. The minimum Gasteiger partial charge on any atom is -0.497 e. The summed E-state index contributed by atoms with van der Waals surface area (Å²) in [6, 6.07) is 9.77. The second kappa shape index (κ2) is 11.9. The fourth-order valence-corrected chi connectivity index (χ4v) is 5.62. The van der Waals surface area contributed by atoms with Crippen molar-refractivity contribution < 1.29 is 23.0 Å². The van der Waals surface area contributed by atoms with Crippen LogP contribution < -0.4 is 9.64 Å². The van der Waals surface area contributed by atoms with Crippen molar-refractivity contribution in [1.82, 2.24) is 9.88 Å². The Kier molecular flexibility index (Phi) is 8.71. The van der Waals surface area contributed by atoms with Gasteiger partial charge in [0.25, 0.3) is 0 Å². The molecule has 1 fully saturated rings. The van der Waals surface area contributed by atoms with Crippen LogP contribution in [0.25, 0.3) is 10.2 Å². The molecule has 0 spiro atoms. The van der Waals surface area contributed by atoms with E-state index in [2.05, 4.69) is 9.88 Å². The quantitative estimate of drug-likeness (QED) is 0.367. The second-order valence-electron chi connectivity index (χ2n) is 7.86. The highest BCUT2D eigenvalue weighted by atomic mass is 32.2. The minimum absolute atomic E-state index is 0.0806. The third kappa shape index (κ3) is 6.44. The number of thioether (sulfide) groups is 1. The molecule has 1 aromatic heterocycles. The van der Waals surface area contributed by atoms with Crippen molar-refractivity contribution >= 4 is 44.4 Å². The first kappa shape index (κ1) is 24.8. The Bertz CT molecular complexity index is 1100. The molecule has 0 bridgehead atoms. The fraction of sp³-hybridized carbons (Fsp3) is 0.417. The van der Waals surface area contributed by atoms with Crippen molar-refractivity contribution in [1.29, 1.82) is 0 Å². The number of nitrogens with zero attached hydrogens (tertiary/aromatic N) is 3. The van der Waals surface area contributed by atoms with Gasteiger partial charge >= 0.3 is 0 Å². The van der Waals surface area contributed by atoms with E-state index in [1.807, 2.05) is 24.3 Å². The molecule has 1 amide bonds. The summed E-state index contributed by atoms with van der Waals surface area (Å²) in [6.07, 6.45) is 1.06. The van der Waals surface area contributed by atoms with Crippen molar-refractivity contribution in [2.24, 2.45) is 0 Å². The molecule has 0 N–H and O–H groups in total. The molecule has 3 aromatic rings. The summed E-state index contributed by atoms with van der Waals surface area (Å²) in [5.74, 6) is -0.0669. The molecule has 0 aliphatic carbocycles. The number of morpholine rings is 1. The van der Waals surface area contributed by atoms with Crippen molar-refractivity contribution in [2.45, 2.75) is 17.7 Å².